The Hall–Kier alpha value is -0.700. The second-order valence-electron chi connectivity index (χ2n) is 4.32. The Morgan fingerprint density at radius 2 is 2.26 bits per heavy atom. The maximum Gasteiger partial charge on any atom is 0.254 e. The maximum atomic E-state index is 5.70. The molecule has 0 radical (unpaired) electrons. The third kappa shape index (κ3) is 4.72. The highest BCUT2D eigenvalue weighted by Crippen LogP contribution is 2.23. The monoisotopic (exact) mass is 394 g/mol. The van der Waals surface area contributed by atoms with Crippen molar-refractivity contribution in [2.75, 3.05) is 20.3 Å². The van der Waals surface area contributed by atoms with Crippen LogP contribution in [0.25, 0.3) is 5.57 Å². The summed E-state index contributed by atoms with van der Waals surface area (Å²) in [7, 11) is 2.02. The van der Waals surface area contributed by atoms with Gasteiger partial charge in [0.15, 0.2) is 11.9 Å². The van der Waals surface area contributed by atoms with Crippen molar-refractivity contribution in [3.05, 3.63) is 11.9 Å². The number of unbranched alkanes of at least 4 members (excludes halogenated alkanes) is 2. The molecular weight excluding hydrogens is 375 g/mol. The molecule has 1 N–H and O–H groups in total. The molecule has 19 heavy (non-hydrogen) atoms. The summed E-state index contributed by atoms with van der Waals surface area (Å²) in [6.45, 7) is 3.70. The predicted molar refractivity (Wildman–Crippen MR) is 73.2 cm³/mol. The van der Waals surface area contributed by atoms with Crippen molar-refractivity contribution in [2.24, 2.45) is 0 Å². The van der Waals surface area contributed by atoms with E-state index in [1.807, 2.05) is 19.5 Å². The van der Waals surface area contributed by atoms with Gasteiger partial charge in [-0.2, -0.15) is 4.37 Å². The van der Waals surface area contributed by atoms with E-state index in [4.69, 9.17) is 4.74 Å². The number of hydrogen-bond donors (Lipinski definition) is 1. The van der Waals surface area contributed by atoms with Gasteiger partial charge >= 0.3 is 0 Å². The highest BCUT2D eigenvalue weighted by Gasteiger charge is 2.18. The van der Waals surface area contributed by atoms with Gasteiger partial charge in [-0.05, 0) is 6.42 Å². The van der Waals surface area contributed by atoms with Crippen LogP contribution in [0.15, 0.2) is 6.20 Å². The van der Waals surface area contributed by atoms with Crippen molar-refractivity contribution in [1.82, 2.24) is 14.1 Å². The van der Waals surface area contributed by atoms with Crippen LogP contribution in [0, 0.1) is 0 Å². The predicted octanol–water partition coefficient (Wildman–Crippen LogP) is -1.27. The minimum atomic E-state index is 0. The largest absolute Gasteiger partial charge is 1.00 e. The molecule has 0 aromatic carbocycles. The molecule has 0 saturated carbocycles. The van der Waals surface area contributed by atoms with Gasteiger partial charge in [0.2, 0.25) is 6.67 Å². The summed E-state index contributed by atoms with van der Waals surface area (Å²) in [4.78, 5) is 0. The van der Waals surface area contributed by atoms with Gasteiger partial charge in [-0.15, -0.1) is 4.37 Å². The van der Waals surface area contributed by atoms with Crippen LogP contribution in [0.3, 0.4) is 0 Å². The van der Waals surface area contributed by atoms with Gasteiger partial charge in [0, 0.05) is 6.20 Å². The third-order valence-electron chi connectivity index (χ3n) is 2.68. The number of nitrogens with one attached hydrogen (secondary N) is 1. The maximum absolute atomic E-state index is 5.70. The molecule has 1 aliphatic rings. The standard InChI is InChI=1S/C12H18N4OS.HI/c1-3-4-5-6-17-12-11(14-18-15-12)10-7-13-9-16(2)8-10;/h7-8H,3-6,9H2,1-2H3;1H. The van der Waals surface area contributed by atoms with Crippen LogP contribution in [-0.4, -0.2) is 39.9 Å². The fraction of sp³-hybridized carbons (Fsp3) is 0.583. The van der Waals surface area contributed by atoms with Crippen molar-refractivity contribution in [1.29, 1.82) is 0 Å². The van der Waals surface area contributed by atoms with Crippen molar-refractivity contribution in [3.8, 4) is 5.88 Å². The lowest BCUT2D eigenvalue weighted by atomic mass is 10.2. The molecule has 106 valence electrons. The smallest absolute Gasteiger partial charge is 0.254 e. The van der Waals surface area contributed by atoms with E-state index in [0.717, 1.165) is 24.4 Å². The lowest BCUT2D eigenvalue weighted by Gasteiger charge is -2.08. The molecule has 2 heterocycles. The molecule has 0 aliphatic carbocycles. The average Bonchev–Trinajstić information content (AvgIpc) is 2.83. The summed E-state index contributed by atoms with van der Waals surface area (Å²) in [5.41, 5.74) is 1.85. The van der Waals surface area contributed by atoms with Gasteiger partial charge in [-0.3, -0.25) is 0 Å². The van der Waals surface area contributed by atoms with Gasteiger partial charge in [0.25, 0.3) is 5.88 Å². The third-order valence-corrected chi connectivity index (χ3v) is 3.19. The van der Waals surface area contributed by atoms with Crippen LogP contribution in [0.5, 0.6) is 5.88 Å². The fourth-order valence-electron chi connectivity index (χ4n) is 1.72. The number of nitrogens with zero attached hydrogens (tertiary/aromatic N) is 3. The number of hydrogen-bond acceptors (Lipinski definition) is 5. The van der Waals surface area contributed by atoms with Gasteiger partial charge in [0.05, 0.1) is 23.9 Å². The van der Waals surface area contributed by atoms with Gasteiger partial charge < -0.3 is 34.0 Å². The van der Waals surface area contributed by atoms with Gasteiger partial charge in [-0.25, -0.2) is 4.58 Å². The van der Waals surface area contributed by atoms with Crippen molar-refractivity contribution < 1.29 is 33.3 Å². The molecule has 1 aromatic heterocycles. The summed E-state index contributed by atoms with van der Waals surface area (Å²) in [5.74, 6) is 0.649. The molecule has 0 bridgehead atoms. The summed E-state index contributed by atoms with van der Waals surface area (Å²) < 4.78 is 16.3. The molecule has 0 atom stereocenters. The second-order valence-corrected chi connectivity index (χ2v) is 4.85. The van der Waals surface area contributed by atoms with E-state index in [-0.39, 0.29) is 24.0 Å². The topological polar surface area (TPSA) is 50.1 Å². The van der Waals surface area contributed by atoms with E-state index in [2.05, 4.69) is 25.6 Å². The molecule has 0 amide bonds. The number of allylic oxidation sites excluding steroid dienone is 1. The Morgan fingerprint density at radius 1 is 1.42 bits per heavy atom. The van der Waals surface area contributed by atoms with E-state index in [1.165, 1.54) is 24.6 Å². The first kappa shape index (κ1) is 16.4. The first-order chi connectivity index (χ1) is 8.81. The zero-order chi connectivity index (χ0) is 12.8. The molecule has 0 unspecified atom stereocenters. The van der Waals surface area contributed by atoms with Crippen molar-refractivity contribution >= 4 is 23.5 Å². The molecule has 5 nitrogen and oxygen atoms in total. The van der Waals surface area contributed by atoms with E-state index in [9.17, 15) is 0 Å². The van der Waals surface area contributed by atoms with E-state index < -0.39 is 0 Å². The molecule has 2 rings (SSSR count). The minimum Gasteiger partial charge on any atom is -1.00 e. The Bertz CT molecular complexity index is 458. The summed E-state index contributed by atoms with van der Waals surface area (Å²) >= 11 is 1.19. The highest BCUT2D eigenvalue weighted by molar-refractivity contribution is 6.99. The number of ether oxygens (including phenoxy) is 1. The average molecular weight is 394 g/mol. The molecule has 0 fully saturated rings. The normalized spacial score (nSPS) is 14.0. The fourth-order valence-corrected chi connectivity index (χ4v) is 2.24. The molecule has 1 aliphatic heterocycles. The number of rotatable bonds is 6. The van der Waals surface area contributed by atoms with Crippen LogP contribution in [-0.2, 0) is 0 Å². The van der Waals surface area contributed by atoms with Crippen LogP contribution in [0.1, 0.15) is 31.9 Å². The van der Waals surface area contributed by atoms with Crippen LogP contribution < -0.4 is 34.0 Å². The highest BCUT2D eigenvalue weighted by atomic mass is 127. The summed E-state index contributed by atoms with van der Waals surface area (Å²) in [5, 5.41) is 3.19. The van der Waals surface area contributed by atoms with Crippen LogP contribution in [0.4, 0.5) is 0 Å². The molecule has 0 saturated heterocycles. The first-order valence-corrected chi connectivity index (χ1v) is 6.98. The van der Waals surface area contributed by atoms with Crippen LogP contribution >= 0.6 is 11.7 Å². The van der Waals surface area contributed by atoms with Crippen LogP contribution in [0.2, 0.25) is 0 Å². The summed E-state index contributed by atoms with van der Waals surface area (Å²) in [6, 6.07) is 0. The number of aromatic nitrogens is 2. The Balaban J connectivity index is 0.00000180. The summed E-state index contributed by atoms with van der Waals surface area (Å²) in [6.07, 6.45) is 7.45. The lowest BCUT2D eigenvalue weighted by molar-refractivity contribution is -0.496. The molecule has 1 aromatic rings. The zero-order valence-corrected chi connectivity index (χ0v) is 14.2. The SMILES string of the molecule is CCCCCOc1nsnc1C1=CNC[N+](C)=C1.[I-]. The lowest BCUT2D eigenvalue weighted by Crippen LogP contribution is -3.00. The van der Waals surface area contributed by atoms with Crippen molar-refractivity contribution in [2.45, 2.75) is 26.2 Å². The van der Waals surface area contributed by atoms with E-state index >= 15 is 0 Å². The van der Waals surface area contributed by atoms with E-state index in [0.29, 0.717) is 12.5 Å². The minimum absolute atomic E-state index is 0. The van der Waals surface area contributed by atoms with Gasteiger partial charge in [-0.1, -0.05) is 19.8 Å². The van der Waals surface area contributed by atoms with Gasteiger partial charge in [0.1, 0.15) is 7.05 Å². The molecular formula is C12H19IN4OS. The Kier molecular flexibility index (Phi) is 7.29. The molecule has 0 spiro atoms. The van der Waals surface area contributed by atoms with E-state index in [1.54, 1.807) is 0 Å². The van der Waals surface area contributed by atoms with Crippen molar-refractivity contribution in [3.63, 3.8) is 0 Å². The Morgan fingerprint density at radius 3 is 3.00 bits per heavy atom. The zero-order valence-electron chi connectivity index (χ0n) is 11.2. The Labute approximate surface area is 135 Å². The quantitative estimate of drug-likeness (QED) is 0.371. The second kappa shape index (κ2) is 8.47. The first-order valence-electron chi connectivity index (χ1n) is 6.25. The number of halogens is 1. The molecule has 7 heteroatoms.